The van der Waals surface area contributed by atoms with Gasteiger partial charge in [-0.3, -0.25) is 9.69 Å². The number of benzene rings is 2. The Balaban J connectivity index is 1.73. The van der Waals surface area contributed by atoms with Gasteiger partial charge in [-0.2, -0.15) is 0 Å². The number of carbonyl (C=O) groups is 1. The van der Waals surface area contributed by atoms with Crippen molar-refractivity contribution in [3.05, 3.63) is 53.6 Å². The van der Waals surface area contributed by atoms with Crippen LogP contribution in [0.5, 0.6) is 17.2 Å². The number of amides is 1. The summed E-state index contributed by atoms with van der Waals surface area (Å²) in [4.78, 5) is 13.5. The van der Waals surface area contributed by atoms with Gasteiger partial charge >= 0.3 is 0 Å². The van der Waals surface area contributed by atoms with Crippen LogP contribution >= 0.6 is 0 Å². The van der Waals surface area contributed by atoms with Crippen LogP contribution in [0.25, 0.3) is 0 Å². The molecule has 1 saturated heterocycles. The van der Waals surface area contributed by atoms with E-state index in [4.69, 9.17) is 19.9 Å². The van der Waals surface area contributed by atoms with Crippen molar-refractivity contribution in [3.8, 4) is 17.2 Å². The van der Waals surface area contributed by atoms with Crippen LogP contribution in [0.2, 0.25) is 0 Å². The second kappa shape index (κ2) is 9.46. The summed E-state index contributed by atoms with van der Waals surface area (Å²) in [7, 11) is 1.68. The van der Waals surface area contributed by atoms with Crippen molar-refractivity contribution in [2.24, 2.45) is 5.73 Å². The van der Waals surface area contributed by atoms with E-state index in [1.165, 1.54) is 12.0 Å². The predicted molar refractivity (Wildman–Crippen MR) is 108 cm³/mol. The maximum absolute atomic E-state index is 11.0. The van der Waals surface area contributed by atoms with E-state index in [0.717, 1.165) is 30.8 Å². The molecule has 150 valence electrons. The number of methoxy groups -OCH3 is 1. The zero-order valence-electron chi connectivity index (χ0n) is 16.5. The minimum Gasteiger partial charge on any atom is -0.497 e. The molecule has 1 amide bonds. The number of nitrogens with zero attached hydrogens (tertiary/aromatic N) is 1. The third-order valence-electron chi connectivity index (χ3n) is 4.93. The molecule has 0 spiro atoms. The van der Waals surface area contributed by atoms with Crippen molar-refractivity contribution < 1.29 is 19.0 Å². The third kappa shape index (κ3) is 4.95. The van der Waals surface area contributed by atoms with Crippen molar-refractivity contribution in [1.82, 2.24) is 4.90 Å². The Kier molecular flexibility index (Phi) is 6.76. The van der Waals surface area contributed by atoms with Gasteiger partial charge in [-0.15, -0.1) is 0 Å². The molecule has 0 aromatic heterocycles. The van der Waals surface area contributed by atoms with Crippen molar-refractivity contribution in [3.63, 3.8) is 0 Å². The minimum atomic E-state index is -0.508. The van der Waals surface area contributed by atoms with Crippen LogP contribution < -0.4 is 19.9 Å². The lowest BCUT2D eigenvalue weighted by molar-refractivity contribution is -0.119. The zero-order chi connectivity index (χ0) is 19.9. The second-order valence-electron chi connectivity index (χ2n) is 6.87. The van der Waals surface area contributed by atoms with Crippen LogP contribution in [0, 0.1) is 0 Å². The summed E-state index contributed by atoms with van der Waals surface area (Å²) >= 11 is 0. The SMILES string of the molecule is CCOc1cc(CN2CCCC2c2ccc(OC)cc2)ccc1OCC(N)=O. The highest BCUT2D eigenvalue weighted by Crippen LogP contribution is 2.35. The quantitative estimate of drug-likeness (QED) is 0.718. The van der Waals surface area contributed by atoms with Crippen LogP contribution in [0.1, 0.15) is 36.9 Å². The molecule has 6 nitrogen and oxygen atoms in total. The smallest absolute Gasteiger partial charge is 0.255 e. The normalized spacial score (nSPS) is 16.7. The molecule has 1 atom stereocenters. The average Bonchev–Trinajstić information content (AvgIpc) is 3.15. The Morgan fingerprint density at radius 2 is 1.93 bits per heavy atom. The number of primary amides is 1. The molecular formula is C22H28N2O4. The van der Waals surface area contributed by atoms with Gasteiger partial charge in [0.1, 0.15) is 5.75 Å². The molecule has 2 aromatic carbocycles. The van der Waals surface area contributed by atoms with Crippen molar-refractivity contribution in [1.29, 1.82) is 0 Å². The Morgan fingerprint density at radius 3 is 2.61 bits per heavy atom. The molecule has 28 heavy (non-hydrogen) atoms. The zero-order valence-corrected chi connectivity index (χ0v) is 16.5. The van der Waals surface area contributed by atoms with E-state index in [1.807, 2.05) is 37.3 Å². The van der Waals surface area contributed by atoms with E-state index < -0.39 is 5.91 Å². The molecule has 6 heteroatoms. The molecule has 1 heterocycles. The molecule has 1 aliphatic heterocycles. The number of rotatable bonds is 9. The minimum absolute atomic E-state index is 0.162. The van der Waals surface area contributed by atoms with Gasteiger partial charge in [0.25, 0.3) is 5.91 Å². The van der Waals surface area contributed by atoms with Crippen molar-refractivity contribution in [2.45, 2.75) is 32.4 Å². The maximum Gasteiger partial charge on any atom is 0.255 e. The van der Waals surface area contributed by atoms with E-state index in [0.29, 0.717) is 24.1 Å². The first kappa shape index (κ1) is 20.0. The number of nitrogens with two attached hydrogens (primary N) is 1. The standard InChI is InChI=1S/C22H28N2O4/c1-3-27-21-13-16(6-11-20(21)28-15-22(23)25)14-24-12-4-5-19(24)17-7-9-18(26-2)10-8-17/h6-11,13,19H,3-5,12,14-15H2,1-2H3,(H2,23,25). The Labute approximate surface area is 166 Å². The number of hydrogen-bond donors (Lipinski definition) is 1. The lowest BCUT2D eigenvalue weighted by Gasteiger charge is -2.25. The van der Waals surface area contributed by atoms with Crippen LogP contribution in [0.15, 0.2) is 42.5 Å². The van der Waals surface area contributed by atoms with Gasteiger partial charge in [0, 0.05) is 12.6 Å². The highest BCUT2D eigenvalue weighted by Gasteiger charge is 2.26. The van der Waals surface area contributed by atoms with Gasteiger partial charge in [0.2, 0.25) is 0 Å². The number of ether oxygens (including phenoxy) is 3. The van der Waals surface area contributed by atoms with Gasteiger partial charge in [0.05, 0.1) is 13.7 Å². The van der Waals surface area contributed by atoms with Gasteiger partial charge in [-0.1, -0.05) is 18.2 Å². The molecule has 3 rings (SSSR count). The van der Waals surface area contributed by atoms with Gasteiger partial charge in [0.15, 0.2) is 18.1 Å². The molecule has 1 aliphatic rings. The molecule has 2 aromatic rings. The fourth-order valence-corrected chi connectivity index (χ4v) is 3.64. The van der Waals surface area contributed by atoms with E-state index in [9.17, 15) is 4.79 Å². The fourth-order valence-electron chi connectivity index (χ4n) is 3.64. The second-order valence-corrected chi connectivity index (χ2v) is 6.87. The molecule has 0 saturated carbocycles. The summed E-state index contributed by atoms with van der Waals surface area (Å²) in [5.74, 6) is 1.55. The monoisotopic (exact) mass is 384 g/mol. The summed E-state index contributed by atoms with van der Waals surface area (Å²) < 4.78 is 16.4. The average molecular weight is 384 g/mol. The molecule has 0 radical (unpaired) electrons. The summed E-state index contributed by atoms with van der Waals surface area (Å²) in [6.45, 7) is 4.16. The number of carbonyl (C=O) groups excluding carboxylic acids is 1. The molecule has 0 aliphatic carbocycles. The summed E-state index contributed by atoms with van der Waals surface area (Å²) in [5, 5.41) is 0. The van der Waals surface area contributed by atoms with E-state index in [1.54, 1.807) is 7.11 Å². The van der Waals surface area contributed by atoms with Crippen molar-refractivity contribution >= 4 is 5.91 Å². The molecular weight excluding hydrogens is 356 g/mol. The van der Waals surface area contributed by atoms with Gasteiger partial charge in [-0.25, -0.2) is 0 Å². The topological polar surface area (TPSA) is 74.0 Å². The first-order valence-electron chi connectivity index (χ1n) is 9.65. The maximum atomic E-state index is 11.0. The van der Waals surface area contributed by atoms with Crippen molar-refractivity contribution in [2.75, 3.05) is 26.9 Å². The highest BCUT2D eigenvalue weighted by molar-refractivity contribution is 5.75. The highest BCUT2D eigenvalue weighted by atomic mass is 16.5. The van der Waals surface area contributed by atoms with Crippen LogP contribution in [0.4, 0.5) is 0 Å². The van der Waals surface area contributed by atoms with E-state index >= 15 is 0 Å². The number of likely N-dealkylation sites (tertiary alicyclic amines) is 1. The third-order valence-corrected chi connectivity index (χ3v) is 4.93. The van der Waals surface area contributed by atoms with Gasteiger partial charge < -0.3 is 19.9 Å². The lowest BCUT2D eigenvalue weighted by atomic mass is 10.0. The largest absolute Gasteiger partial charge is 0.497 e. The first-order chi connectivity index (χ1) is 13.6. The molecule has 0 bridgehead atoms. The first-order valence-corrected chi connectivity index (χ1v) is 9.65. The summed E-state index contributed by atoms with van der Waals surface area (Å²) in [6, 6.07) is 14.6. The Morgan fingerprint density at radius 1 is 1.14 bits per heavy atom. The molecule has 2 N–H and O–H groups in total. The van der Waals surface area contributed by atoms with Crippen LogP contribution in [-0.2, 0) is 11.3 Å². The fraction of sp³-hybridized carbons (Fsp3) is 0.409. The van der Waals surface area contributed by atoms with E-state index in [2.05, 4.69) is 17.0 Å². The summed E-state index contributed by atoms with van der Waals surface area (Å²) in [6.07, 6.45) is 2.32. The summed E-state index contributed by atoms with van der Waals surface area (Å²) in [5.41, 5.74) is 7.63. The lowest BCUT2D eigenvalue weighted by Crippen LogP contribution is -2.23. The predicted octanol–water partition coefficient (Wildman–Crippen LogP) is 3.30. The van der Waals surface area contributed by atoms with E-state index in [-0.39, 0.29) is 6.61 Å². The van der Waals surface area contributed by atoms with Crippen LogP contribution in [0.3, 0.4) is 0 Å². The van der Waals surface area contributed by atoms with Crippen LogP contribution in [-0.4, -0.2) is 37.7 Å². The Bertz CT molecular complexity index is 792. The number of hydrogen-bond acceptors (Lipinski definition) is 5. The van der Waals surface area contributed by atoms with Gasteiger partial charge in [-0.05, 0) is 61.7 Å². The molecule has 1 fully saturated rings. The molecule has 1 unspecified atom stereocenters. The Hall–Kier alpha value is -2.73.